The van der Waals surface area contributed by atoms with Crippen LogP contribution in [-0.2, 0) is 16.0 Å². The zero-order valence-corrected chi connectivity index (χ0v) is 14.5. The van der Waals surface area contributed by atoms with Gasteiger partial charge in [0.05, 0.1) is 12.7 Å². The highest BCUT2D eigenvalue weighted by Gasteiger charge is 2.14. The van der Waals surface area contributed by atoms with Crippen molar-refractivity contribution in [1.82, 2.24) is 10.6 Å². The molecule has 0 radical (unpaired) electrons. The lowest BCUT2D eigenvalue weighted by atomic mass is 10.2. The van der Waals surface area contributed by atoms with E-state index in [4.69, 9.17) is 13.9 Å². The number of guanidine groups is 1. The molecule has 2 N–H and O–H groups in total. The van der Waals surface area contributed by atoms with Crippen molar-refractivity contribution in [2.24, 2.45) is 4.99 Å². The lowest BCUT2D eigenvalue weighted by Gasteiger charge is -2.12. The Balaban J connectivity index is 1.55. The molecule has 0 aliphatic carbocycles. The standard InChI is InChI=1S/C17H29N3O3/c1-13-10-15(14(2)23-13)11-20-17(18-3)19-7-5-8-21-12-16-6-4-9-22-16/h10,16H,4-9,11-12H2,1-3H3,(H2,18,19,20). The summed E-state index contributed by atoms with van der Waals surface area (Å²) in [5, 5.41) is 6.59. The van der Waals surface area contributed by atoms with Gasteiger partial charge in [-0.05, 0) is 39.2 Å². The number of rotatable bonds is 8. The topological polar surface area (TPSA) is 68.0 Å². The Morgan fingerprint density at radius 1 is 1.39 bits per heavy atom. The fraction of sp³-hybridized carbons (Fsp3) is 0.706. The van der Waals surface area contributed by atoms with Crippen LogP contribution in [0.15, 0.2) is 15.5 Å². The smallest absolute Gasteiger partial charge is 0.191 e. The van der Waals surface area contributed by atoms with Crippen LogP contribution in [0, 0.1) is 13.8 Å². The Morgan fingerprint density at radius 3 is 2.91 bits per heavy atom. The molecule has 6 heteroatoms. The summed E-state index contributed by atoms with van der Waals surface area (Å²) in [5.41, 5.74) is 1.16. The highest BCUT2D eigenvalue weighted by atomic mass is 16.5. The Bertz CT molecular complexity index is 493. The number of hydrogen-bond donors (Lipinski definition) is 2. The van der Waals surface area contributed by atoms with Crippen LogP contribution in [0.2, 0.25) is 0 Å². The number of ether oxygens (including phenoxy) is 2. The molecule has 1 aromatic rings. The quantitative estimate of drug-likeness (QED) is 0.436. The Kier molecular flexibility index (Phi) is 7.42. The van der Waals surface area contributed by atoms with E-state index < -0.39 is 0 Å². The third-order valence-corrected chi connectivity index (χ3v) is 3.90. The van der Waals surface area contributed by atoms with E-state index in [0.717, 1.165) is 62.1 Å². The normalized spacial score (nSPS) is 18.4. The molecule has 1 aliphatic rings. The summed E-state index contributed by atoms with van der Waals surface area (Å²) in [6, 6.07) is 2.05. The molecule has 1 atom stereocenters. The maximum Gasteiger partial charge on any atom is 0.191 e. The van der Waals surface area contributed by atoms with Crippen LogP contribution in [0.5, 0.6) is 0 Å². The number of nitrogens with zero attached hydrogens (tertiary/aromatic N) is 1. The Labute approximate surface area is 138 Å². The summed E-state index contributed by atoms with van der Waals surface area (Å²) in [6.07, 6.45) is 3.53. The zero-order valence-electron chi connectivity index (χ0n) is 14.5. The van der Waals surface area contributed by atoms with Gasteiger partial charge in [0.25, 0.3) is 0 Å². The average molecular weight is 323 g/mol. The van der Waals surface area contributed by atoms with Crippen LogP contribution in [0.1, 0.15) is 36.3 Å². The second kappa shape index (κ2) is 9.57. The fourth-order valence-corrected chi connectivity index (χ4v) is 2.63. The van der Waals surface area contributed by atoms with Crippen LogP contribution < -0.4 is 10.6 Å². The summed E-state index contributed by atoms with van der Waals surface area (Å²) >= 11 is 0. The number of hydrogen-bond acceptors (Lipinski definition) is 4. The maximum absolute atomic E-state index is 5.64. The second-order valence-electron chi connectivity index (χ2n) is 5.85. The minimum atomic E-state index is 0.305. The first-order valence-electron chi connectivity index (χ1n) is 8.39. The van der Waals surface area contributed by atoms with Crippen LogP contribution in [0.25, 0.3) is 0 Å². The highest BCUT2D eigenvalue weighted by Crippen LogP contribution is 2.13. The molecule has 2 heterocycles. The lowest BCUT2D eigenvalue weighted by Crippen LogP contribution is -2.37. The van der Waals surface area contributed by atoms with E-state index in [1.807, 2.05) is 13.8 Å². The Morgan fingerprint density at radius 2 is 2.26 bits per heavy atom. The van der Waals surface area contributed by atoms with Gasteiger partial charge in [0.1, 0.15) is 11.5 Å². The van der Waals surface area contributed by atoms with E-state index in [1.54, 1.807) is 7.05 Å². The van der Waals surface area contributed by atoms with Crippen LogP contribution in [-0.4, -0.2) is 45.5 Å². The van der Waals surface area contributed by atoms with Crippen molar-refractivity contribution in [3.8, 4) is 0 Å². The van der Waals surface area contributed by atoms with Gasteiger partial charge in [0, 0.05) is 38.9 Å². The molecule has 6 nitrogen and oxygen atoms in total. The average Bonchev–Trinajstić information content (AvgIpc) is 3.15. The SMILES string of the molecule is CN=C(NCCCOCC1CCCO1)NCc1cc(C)oc1C. The lowest BCUT2D eigenvalue weighted by molar-refractivity contribution is 0.0168. The van der Waals surface area contributed by atoms with Gasteiger partial charge < -0.3 is 24.5 Å². The zero-order chi connectivity index (χ0) is 16.5. The minimum Gasteiger partial charge on any atom is -0.466 e. The van der Waals surface area contributed by atoms with Crippen molar-refractivity contribution in [2.75, 3.05) is 33.4 Å². The summed E-state index contributed by atoms with van der Waals surface area (Å²) in [6.45, 7) is 7.81. The Hall–Kier alpha value is -1.53. The molecule has 0 spiro atoms. The molecule has 0 bridgehead atoms. The fourth-order valence-electron chi connectivity index (χ4n) is 2.63. The van der Waals surface area contributed by atoms with Gasteiger partial charge in [0.15, 0.2) is 5.96 Å². The molecule has 1 saturated heterocycles. The van der Waals surface area contributed by atoms with Crippen LogP contribution in [0.4, 0.5) is 0 Å². The molecule has 130 valence electrons. The molecule has 0 amide bonds. The van der Waals surface area contributed by atoms with Crippen molar-refractivity contribution >= 4 is 5.96 Å². The van der Waals surface area contributed by atoms with Gasteiger partial charge >= 0.3 is 0 Å². The van der Waals surface area contributed by atoms with Gasteiger partial charge in [0.2, 0.25) is 0 Å². The predicted octanol–water partition coefficient (Wildman–Crippen LogP) is 2.15. The van der Waals surface area contributed by atoms with Crippen molar-refractivity contribution in [1.29, 1.82) is 0 Å². The molecule has 1 fully saturated rings. The summed E-state index contributed by atoms with van der Waals surface area (Å²) < 4.78 is 16.7. The molecular weight excluding hydrogens is 294 g/mol. The van der Waals surface area contributed by atoms with Crippen molar-refractivity contribution in [2.45, 2.75) is 45.8 Å². The van der Waals surface area contributed by atoms with Gasteiger partial charge in [-0.3, -0.25) is 4.99 Å². The number of aliphatic imine (C=N–C) groups is 1. The largest absolute Gasteiger partial charge is 0.466 e. The van der Waals surface area contributed by atoms with Gasteiger partial charge in [-0.2, -0.15) is 0 Å². The van der Waals surface area contributed by atoms with Gasteiger partial charge in [-0.15, -0.1) is 0 Å². The molecule has 1 unspecified atom stereocenters. The number of furan rings is 1. The van der Waals surface area contributed by atoms with E-state index in [-0.39, 0.29) is 0 Å². The van der Waals surface area contributed by atoms with Crippen molar-refractivity contribution in [3.63, 3.8) is 0 Å². The highest BCUT2D eigenvalue weighted by molar-refractivity contribution is 5.79. The molecule has 0 aromatic carbocycles. The van der Waals surface area contributed by atoms with Gasteiger partial charge in [-0.25, -0.2) is 0 Å². The summed E-state index contributed by atoms with van der Waals surface area (Å²) in [4.78, 5) is 4.22. The molecule has 0 saturated carbocycles. The maximum atomic E-state index is 5.64. The minimum absolute atomic E-state index is 0.305. The summed E-state index contributed by atoms with van der Waals surface area (Å²) in [7, 11) is 1.77. The predicted molar refractivity (Wildman–Crippen MR) is 90.8 cm³/mol. The number of aryl methyl sites for hydroxylation is 2. The molecule has 2 rings (SSSR count). The van der Waals surface area contributed by atoms with E-state index in [1.165, 1.54) is 0 Å². The molecule has 23 heavy (non-hydrogen) atoms. The van der Waals surface area contributed by atoms with Crippen molar-refractivity contribution < 1.29 is 13.9 Å². The first-order chi connectivity index (χ1) is 11.2. The van der Waals surface area contributed by atoms with E-state index in [0.29, 0.717) is 19.3 Å². The monoisotopic (exact) mass is 323 g/mol. The van der Waals surface area contributed by atoms with Gasteiger partial charge in [-0.1, -0.05) is 0 Å². The third-order valence-electron chi connectivity index (χ3n) is 3.90. The van der Waals surface area contributed by atoms with E-state index >= 15 is 0 Å². The molecule has 1 aliphatic heterocycles. The third kappa shape index (κ3) is 6.23. The molecule has 1 aromatic heterocycles. The van der Waals surface area contributed by atoms with E-state index in [2.05, 4.69) is 21.7 Å². The first-order valence-corrected chi connectivity index (χ1v) is 8.39. The molecular formula is C17H29N3O3. The van der Waals surface area contributed by atoms with Crippen LogP contribution in [0.3, 0.4) is 0 Å². The first kappa shape index (κ1) is 17.8. The summed E-state index contributed by atoms with van der Waals surface area (Å²) in [5.74, 6) is 2.68. The van der Waals surface area contributed by atoms with Crippen molar-refractivity contribution in [3.05, 3.63) is 23.2 Å². The van der Waals surface area contributed by atoms with Crippen LogP contribution >= 0.6 is 0 Å². The van der Waals surface area contributed by atoms with E-state index in [9.17, 15) is 0 Å². The number of nitrogens with one attached hydrogen (secondary N) is 2. The second-order valence-corrected chi connectivity index (χ2v) is 5.85.